The lowest BCUT2D eigenvalue weighted by Crippen LogP contribution is -2.42. The number of hydrogen-bond donors (Lipinski definition) is 2. The lowest BCUT2D eigenvalue weighted by molar-refractivity contribution is 0.0683. The molecule has 2 heterocycles. The molecular weight excluding hydrogens is 398 g/mol. The molecule has 0 bridgehead atoms. The molecule has 0 radical (unpaired) electrons. The van der Waals surface area contributed by atoms with Gasteiger partial charge in [-0.25, -0.2) is 4.79 Å². The normalized spacial score (nSPS) is 18.9. The SMILES string of the molecule is O=C(Nc1ccc(N2CCCCC2)c(Cl)c1)N1CCC(C(O)c2ccccc2)CC1. The maximum Gasteiger partial charge on any atom is 0.321 e. The molecule has 0 aliphatic carbocycles. The van der Waals surface area contributed by atoms with E-state index in [1.165, 1.54) is 19.3 Å². The number of benzene rings is 2. The highest BCUT2D eigenvalue weighted by Crippen LogP contribution is 2.32. The average Bonchev–Trinajstić information content (AvgIpc) is 2.80. The van der Waals surface area contributed by atoms with E-state index in [-0.39, 0.29) is 11.9 Å². The van der Waals surface area contributed by atoms with Crippen molar-refractivity contribution < 1.29 is 9.90 Å². The molecule has 2 aromatic rings. The molecule has 5 nitrogen and oxygen atoms in total. The highest BCUT2D eigenvalue weighted by atomic mass is 35.5. The van der Waals surface area contributed by atoms with E-state index in [1.807, 2.05) is 53.4 Å². The molecule has 2 saturated heterocycles. The summed E-state index contributed by atoms with van der Waals surface area (Å²) in [6, 6.07) is 15.4. The first-order chi connectivity index (χ1) is 14.6. The first-order valence-electron chi connectivity index (χ1n) is 11.0. The van der Waals surface area contributed by atoms with E-state index in [0.29, 0.717) is 18.1 Å². The predicted molar refractivity (Wildman–Crippen MR) is 122 cm³/mol. The van der Waals surface area contributed by atoms with Crippen molar-refractivity contribution in [3.05, 3.63) is 59.1 Å². The first kappa shape index (κ1) is 21.0. The van der Waals surface area contributed by atoms with Gasteiger partial charge in [-0.15, -0.1) is 0 Å². The Morgan fingerprint density at radius 1 is 1.00 bits per heavy atom. The van der Waals surface area contributed by atoms with E-state index in [2.05, 4.69) is 10.2 Å². The fraction of sp³-hybridized carbons (Fsp3) is 0.458. The lowest BCUT2D eigenvalue weighted by Gasteiger charge is -2.34. The number of halogens is 1. The van der Waals surface area contributed by atoms with Crippen molar-refractivity contribution in [1.82, 2.24) is 4.90 Å². The molecule has 2 aliphatic rings. The van der Waals surface area contributed by atoms with Gasteiger partial charge in [0.25, 0.3) is 0 Å². The van der Waals surface area contributed by atoms with Crippen LogP contribution in [0.5, 0.6) is 0 Å². The average molecular weight is 428 g/mol. The lowest BCUT2D eigenvalue weighted by atomic mass is 9.87. The zero-order chi connectivity index (χ0) is 20.9. The molecular formula is C24H30ClN3O2. The van der Waals surface area contributed by atoms with E-state index >= 15 is 0 Å². The number of urea groups is 1. The Kier molecular flexibility index (Phi) is 6.80. The largest absolute Gasteiger partial charge is 0.388 e. The number of nitrogens with zero attached hydrogens (tertiary/aromatic N) is 2. The molecule has 0 saturated carbocycles. The van der Waals surface area contributed by atoms with Crippen molar-refractivity contribution in [3.8, 4) is 0 Å². The fourth-order valence-electron chi connectivity index (χ4n) is 4.52. The van der Waals surface area contributed by atoms with E-state index in [9.17, 15) is 9.90 Å². The van der Waals surface area contributed by atoms with Crippen LogP contribution in [0.25, 0.3) is 0 Å². The number of carbonyl (C=O) groups excluding carboxylic acids is 1. The third kappa shape index (κ3) is 4.90. The third-order valence-corrected chi connectivity index (χ3v) is 6.61. The molecule has 1 atom stereocenters. The van der Waals surface area contributed by atoms with Gasteiger partial charge in [0.2, 0.25) is 0 Å². The van der Waals surface area contributed by atoms with Gasteiger partial charge < -0.3 is 20.2 Å². The monoisotopic (exact) mass is 427 g/mol. The number of aliphatic hydroxyl groups excluding tert-OH is 1. The van der Waals surface area contributed by atoms with Crippen molar-refractivity contribution in [2.75, 3.05) is 36.4 Å². The second-order valence-electron chi connectivity index (χ2n) is 8.32. The molecule has 2 amide bonds. The summed E-state index contributed by atoms with van der Waals surface area (Å²) in [6.07, 6.45) is 4.78. The minimum atomic E-state index is -0.474. The van der Waals surface area contributed by atoms with E-state index in [0.717, 1.165) is 42.9 Å². The van der Waals surface area contributed by atoms with Gasteiger partial charge in [0.1, 0.15) is 0 Å². The summed E-state index contributed by atoms with van der Waals surface area (Å²) in [5.41, 5.74) is 2.71. The third-order valence-electron chi connectivity index (χ3n) is 6.31. The highest BCUT2D eigenvalue weighted by molar-refractivity contribution is 6.33. The van der Waals surface area contributed by atoms with Gasteiger partial charge in [-0.3, -0.25) is 0 Å². The maximum atomic E-state index is 12.7. The van der Waals surface area contributed by atoms with Crippen molar-refractivity contribution in [2.45, 2.75) is 38.2 Å². The highest BCUT2D eigenvalue weighted by Gasteiger charge is 2.28. The topological polar surface area (TPSA) is 55.8 Å². The molecule has 2 N–H and O–H groups in total. The summed E-state index contributed by atoms with van der Waals surface area (Å²) in [5.74, 6) is 0.176. The summed E-state index contributed by atoms with van der Waals surface area (Å²) in [7, 11) is 0. The number of rotatable bonds is 4. The Bertz CT molecular complexity index is 847. The van der Waals surface area contributed by atoms with Crippen LogP contribution in [-0.4, -0.2) is 42.2 Å². The van der Waals surface area contributed by atoms with E-state index in [4.69, 9.17) is 11.6 Å². The van der Waals surface area contributed by atoms with Crippen molar-refractivity contribution in [3.63, 3.8) is 0 Å². The summed E-state index contributed by atoms with van der Waals surface area (Å²) in [5, 5.41) is 14.3. The van der Waals surface area contributed by atoms with Crippen LogP contribution in [0.3, 0.4) is 0 Å². The molecule has 0 aromatic heterocycles. The molecule has 0 spiro atoms. The molecule has 2 aliphatic heterocycles. The fourth-order valence-corrected chi connectivity index (χ4v) is 4.82. The van der Waals surface area contributed by atoms with Gasteiger partial charge in [-0.2, -0.15) is 0 Å². The van der Waals surface area contributed by atoms with Crippen LogP contribution < -0.4 is 10.2 Å². The van der Waals surface area contributed by atoms with Gasteiger partial charge >= 0.3 is 6.03 Å². The van der Waals surface area contributed by atoms with Gasteiger partial charge in [-0.05, 0) is 61.8 Å². The maximum absolute atomic E-state index is 12.7. The first-order valence-corrected chi connectivity index (χ1v) is 11.3. The Balaban J connectivity index is 1.31. The zero-order valence-corrected chi connectivity index (χ0v) is 18.0. The quantitative estimate of drug-likeness (QED) is 0.695. The molecule has 6 heteroatoms. The number of hydrogen-bond acceptors (Lipinski definition) is 3. The van der Waals surface area contributed by atoms with E-state index in [1.54, 1.807) is 0 Å². The molecule has 2 fully saturated rings. The summed E-state index contributed by atoms with van der Waals surface area (Å²) >= 11 is 6.51. The van der Waals surface area contributed by atoms with Crippen LogP contribution in [0.15, 0.2) is 48.5 Å². The van der Waals surface area contributed by atoms with Gasteiger partial charge in [-0.1, -0.05) is 41.9 Å². The number of nitrogens with one attached hydrogen (secondary N) is 1. The minimum Gasteiger partial charge on any atom is -0.388 e. The predicted octanol–water partition coefficient (Wildman–Crippen LogP) is 5.31. The molecule has 2 aromatic carbocycles. The van der Waals surface area contributed by atoms with Crippen LogP contribution in [0.4, 0.5) is 16.2 Å². The summed E-state index contributed by atoms with van der Waals surface area (Å²) in [6.45, 7) is 3.35. The number of aliphatic hydroxyl groups is 1. The van der Waals surface area contributed by atoms with Gasteiger partial charge in [0.15, 0.2) is 0 Å². The van der Waals surface area contributed by atoms with E-state index < -0.39 is 6.10 Å². The number of amides is 2. The second-order valence-corrected chi connectivity index (χ2v) is 8.73. The number of piperidine rings is 2. The van der Waals surface area contributed by atoms with Crippen LogP contribution in [0, 0.1) is 5.92 Å². The summed E-state index contributed by atoms with van der Waals surface area (Å²) in [4.78, 5) is 16.9. The molecule has 30 heavy (non-hydrogen) atoms. The Morgan fingerprint density at radius 3 is 2.37 bits per heavy atom. The van der Waals surface area contributed by atoms with Crippen molar-refractivity contribution >= 4 is 29.0 Å². The Hall–Kier alpha value is -2.24. The van der Waals surface area contributed by atoms with Crippen LogP contribution in [0.1, 0.15) is 43.8 Å². The summed E-state index contributed by atoms with van der Waals surface area (Å²) < 4.78 is 0. The standard InChI is InChI=1S/C24H30ClN3O2/c25-21-17-20(9-10-22(21)27-13-5-2-6-14-27)26-24(30)28-15-11-19(12-16-28)23(29)18-7-3-1-4-8-18/h1,3-4,7-10,17,19,23,29H,2,5-6,11-16H2,(H,26,30). The van der Waals surface area contributed by atoms with Crippen molar-refractivity contribution in [1.29, 1.82) is 0 Å². The minimum absolute atomic E-state index is 0.107. The molecule has 4 rings (SSSR count). The van der Waals surface area contributed by atoms with Crippen LogP contribution >= 0.6 is 11.6 Å². The van der Waals surface area contributed by atoms with Gasteiger partial charge in [0, 0.05) is 31.9 Å². The number of carbonyl (C=O) groups is 1. The molecule has 160 valence electrons. The van der Waals surface area contributed by atoms with Crippen molar-refractivity contribution in [2.24, 2.45) is 5.92 Å². The Labute approximate surface area is 183 Å². The number of anilines is 2. The molecule has 1 unspecified atom stereocenters. The van der Waals surface area contributed by atoms with Crippen LogP contribution in [0.2, 0.25) is 5.02 Å². The zero-order valence-electron chi connectivity index (χ0n) is 17.3. The second kappa shape index (κ2) is 9.71. The number of likely N-dealkylation sites (tertiary alicyclic amines) is 1. The van der Waals surface area contributed by atoms with Gasteiger partial charge in [0.05, 0.1) is 16.8 Å². The Morgan fingerprint density at radius 2 is 1.70 bits per heavy atom. The van der Waals surface area contributed by atoms with Crippen LogP contribution in [-0.2, 0) is 0 Å². The smallest absolute Gasteiger partial charge is 0.321 e.